The summed E-state index contributed by atoms with van der Waals surface area (Å²) in [6.07, 6.45) is 0.920. The Morgan fingerprint density at radius 1 is 1.10 bits per heavy atom. The van der Waals surface area contributed by atoms with E-state index >= 15 is 0 Å². The first-order valence-electron chi connectivity index (χ1n) is 7.11. The van der Waals surface area contributed by atoms with Gasteiger partial charge in [-0.25, -0.2) is 0 Å². The molecular formula is C17H24BrClO2. The summed E-state index contributed by atoms with van der Waals surface area (Å²) in [5, 5.41) is 0. The third kappa shape index (κ3) is 5.00. The molecule has 0 amide bonds. The summed E-state index contributed by atoms with van der Waals surface area (Å²) < 4.78 is 5.37. The smallest absolute Gasteiger partial charge is 0.325 e. The molecule has 0 saturated carbocycles. The molecule has 0 spiro atoms. The Bertz CT molecular complexity index is 490. The minimum absolute atomic E-state index is 0.0296. The van der Waals surface area contributed by atoms with Gasteiger partial charge in [-0.2, -0.15) is 0 Å². The van der Waals surface area contributed by atoms with Gasteiger partial charge in [0.1, 0.15) is 11.9 Å². The third-order valence-electron chi connectivity index (χ3n) is 3.45. The third-order valence-corrected chi connectivity index (χ3v) is 4.48. The lowest BCUT2D eigenvalue weighted by Gasteiger charge is -2.28. The van der Waals surface area contributed by atoms with Gasteiger partial charge in [-0.15, -0.1) is 0 Å². The van der Waals surface area contributed by atoms with E-state index in [0.717, 1.165) is 10.0 Å². The highest BCUT2D eigenvalue weighted by molar-refractivity contribution is 9.10. The molecule has 21 heavy (non-hydrogen) atoms. The van der Waals surface area contributed by atoms with Crippen molar-refractivity contribution >= 4 is 33.8 Å². The summed E-state index contributed by atoms with van der Waals surface area (Å²) >= 11 is 8.86. The Morgan fingerprint density at radius 3 is 1.86 bits per heavy atom. The van der Waals surface area contributed by atoms with Gasteiger partial charge in [-0.05, 0) is 33.9 Å². The number of rotatable bonds is 3. The van der Waals surface area contributed by atoms with E-state index in [4.69, 9.17) is 11.9 Å². The molecular weight excluding hydrogens is 352 g/mol. The molecule has 2 nitrogen and oxygen atoms in total. The molecule has 0 radical (unpaired) electrons. The van der Waals surface area contributed by atoms with E-state index in [-0.39, 0.29) is 17.3 Å². The van der Waals surface area contributed by atoms with Crippen molar-refractivity contribution in [2.75, 3.05) is 0 Å². The minimum Gasteiger partial charge on any atom is -0.348 e. The molecule has 1 aromatic rings. The SMILES string of the molecule is CC(C)(C)c1cc(CCC(=O)OCl)cc(C(C)(C)C)c1Br. The standard InChI is InChI=1S/C17H24BrClO2/c1-16(2,3)12-9-11(7-8-14(20)21-19)10-13(15(12)18)17(4,5)6/h9-10H,7-8H2,1-6H3. The first-order valence-corrected chi connectivity index (χ1v) is 8.21. The summed E-state index contributed by atoms with van der Waals surface area (Å²) in [7, 11) is 0. The summed E-state index contributed by atoms with van der Waals surface area (Å²) in [6, 6.07) is 4.33. The van der Waals surface area contributed by atoms with Crippen LogP contribution >= 0.6 is 27.8 Å². The van der Waals surface area contributed by atoms with Crippen molar-refractivity contribution in [1.82, 2.24) is 0 Å². The Morgan fingerprint density at radius 2 is 1.52 bits per heavy atom. The summed E-state index contributed by atoms with van der Waals surface area (Å²) in [4.78, 5) is 11.3. The van der Waals surface area contributed by atoms with Crippen LogP contribution in [0.4, 0.5) is 0 Å². The van der Waals surface area contributed by atoms with Crippen LogP contribution in [0.2, 0.25) is 0 Å². The average Bonchev–Trinajstić information content (AvgIpc) is 2.34. The lowest BCUT2D eigenvalue weighted by Crippen LogP contribution is -2.19. The zero-order chi connectivity index (χ0) is 16.4. The molecule has 0 saturated heterocycles. The van der Waals surface area contributed by atoms with Gasteiger partial charge >= 0.3 is 5.97 Å². The molecule has 0 aliphatic heterocycles. The Kier molecular flexibility index (Phi) is 5.91. The van der Waals surface area contributed by atoms with Crippen molar-refractivity contribution in [3.05, 3.63) is 33.3 Å². The largest absolute Gasteiger partial charge is 0.348 e. The van der Waals surface area contributed by atoms with Crippen LogP contribution in [0.3, 0.4) is 0 Å². The van der Waals surface area contributed by atoms with Crippen LogP contribution < -0.4 is 0 Å². The number of halogens is 2. The molecule has 0 aromatic heterocycles. The normalized spacial score (nSPS) is 12.4. The van der Waals surface area contributed by atoms with E-state index in [1.54, 1.807) is 0 Å². The monoisotopic (exact) mass is 374 g/mol. The van der Waals surface area contributed by atoms with Gasteiger partial charge in [0.2, 0.25) is 0 Å². The van der Waals surface area contributed by atoms with E-state index in [9.17, 15) is 4.79 Å². The van der Waals surface area contributed by atoms with Crippen LogP contribution in [-0.2, 0) is 26.3 Å². The summed E-state index contributed by atoms with van der Waals surface area (Å²) in [5.41, 5.74) is 3.70. The first-order chi connectivity index (χ1) is 9.46. The van der Waals surface area contributed by atoms with Gasteiger partial charge in [0.25, 0.3) is 0 Å². The van der Waals surface area contributed by atoms with Crippen molar-refractivity contribution in [2.45, 2.75) is 65.2 Å². The summed E-state index contributed by atoms with van der Waals surface area (Å²) in [6.45, 7) is 13.1. The van der Waals surface area contributed by atoms with Crippen LogP contribution in [0.25, 0.3) is 0 Å². The van der Waals surface area contributed by atoms with Gasteiger partial charge in [-0.1, -0.05) is 69.6 Å². The Labute approximate surface area is 141 Å². The molecule has 0 N–H and O–H groups in total. The van der Waals surface area contributed by atoms with Gasteiger partial charge in [0.15, 0.2) is 0 Å². The highest BCUT2D eigenvalue weighted by atomic mass is 79.9. The fourth-order valence-electron chi connectivity index (χ4n) is 2.21. The van der Waals surface area contributed by atoms with E-state index in [1.807, 2.05) is 0 Å². The molecule has 4 heteroatoms. The highest BCUT2D eigenvalue weighted by Gasteiger charge is 2.25. The maximum atomic E-state index is 11.3. The molecule has 0 heterocycles. The Hall–Kier alpha value is -0.540. The predicted molar refractivity (Wildman–Crippen MR) is 91.8 cm³/mol. The second-order valence-corrected chi connectivity index (χ2v) is 8.40. The van der Waals surface area contributed by atoms with Crippen LogP contribution in [0, 0.1) is 0 Å². The van der Waals surface area contributed by atoms with E-state index < -0.39 is 5.97 Å². The molecule has 1 aromatic carbocycles. The molecule has 0 bridgehead atoms. The molecule has 118 valence electrons. The molecule has 0 aliphatic carbocycles. The van der Waals surface area contributed by atoms with Crippen molar-refractivity contribution in [1.29, 1.82) is 0 Å². The van der Waals surface area contributed by atoms with Crippen LogP contribution in [0.5, 0.6) is 0 Å². The van der Waals surface area contributed by atoms with Crippen LogP contribution in [0.15, 0.2) is 16.6 Å². The van der Waals surface area contributed by atoms with Gasteiger partial charge in [-0.3, -0.25) is 4.79 Å². The maximum absolute atomic E-state index is 11.3. The van der Waals surface area contributed by atoms with Gasteiger partial charge in [0, 0.05) is 4.47 Å². The zero-order valence-electron chi connectivity index (χ0n) is 13.6. The highest BCUT2D eigenvalue weighted by Crippen LogP contribution is 2.38. The number of benzene rings is 1. The van der Waals surface area contributed by atoms with E-state index in [0.29, 0.717) is 6.42 Å². The lowest BCUT2D eigenvalue weighted by atomic mass is 9.79. The van der Waals surface area contributed by atoms with Crippen LogP contribution in [0.1, 0.15) is 64.7 Å². The number of carbonyl (C=O) groups excluding carboxylic acids is 1. The number of hydrogen-bond acceptors (Lipinski definition) is 2. The molecule has 1 rings (SSSR count). The van der Waals surface area contributed by atoms with Gasteiger partial charge in [0.05, 0.1) is 6.42 Å². The molecule has 0 atom stereocenters. The second-order valence-electron chi connectivity index (χ2n) is 7.45. The van der Waals surface area contributed by atoms with E-state index in [1.165, 1.54) is 11.1 Å². The molecule has 0 unspecified atom stereocenters. The van der Waals surface area contributed by atoms with Crippen molar-refractivity contribution < 1.29 is 9.08 Å². The van der Waals surface area contributed by atoms with Crippen LogP contribution in [-0.4, -0.2) is 5.97 Å². The Balaban J connectivity index is 3.31. The zero-order valence-corrected chi connectivity index (χ0v) is 16.0. The number of hydrogen-bond donors (Lipinski definition) is 0. The molecule has 0 aliphatic rings. The van der Waals surface area contributed by atoms with Gasteiger partial charge < -0.3 is 4.29 Å². The molecule has 0 fully saturated rings. The summed E-state index contributed by atoms with van der Waals surface area (Å²) in [5.74, 6) is -0.394. The first kappa shape index (κ1) is 18.5. The average molecular weight is 376 g/mol. The lowest BCUT2D eigenvalue weighted by molar-refractivity contribution is -0.133. The van der Waals surface area contributed by atoms with Crippen molar-refractivity contribution in [3.63, 3.8) is 0 Å². The fourth-order valence-corrected chi connectivity index (χ4v) is 3.70. The predicted octanol–water partition coefficient (Wildman–Crippen LogP) is 5.67. The maximum Gasteiger partial charge on any atom is 0.325 e. The fraction of sp³-hybridized carbons (Fsp3) is 0.588. The minimum atomic E-state index is -0.394. The second kappa shape index (κ2) is 6.70. The topological polar surface area (TPSA) is 26.3 Å². The van der Waals surface area contributed by atoms with E-state index in [2.05, 4.69) is 73.9 Å². The quantitative estimate of drug-likeness (QED) is 0.680. The number of aryl methyl sites for hydroxylation is 1. The number of carbonyl (C=O) groups is 1. The van der Waals surface area contributed by atoms with Crippen molar-refractivity contribution in [3.8, 4) is 0 Å². The van der Waals surface area contributed by atoms with Crippen molar-refractivity contribution in [2.24, 2.45) is 0 Å².